The molecular formula is C13H24N4O3S. The molecule has 1 saturated heterocycles. The Morgan fingerprint density at radius 2 is 2.10 bits per heavy atom. The van der Waals surface area contributed by atoms with Crippen molar-refractivity contribution in [2.75, 3.05) is 40.3 Å². The van der Waals surface area contributed by atoms with Crippen LogP contribution >= 0.6 is 0 Å². The highest BCUT2D eigenvalue weighted by Crippen LogP contribution is 2.20. The molecule has 1 aromatic heterocycles. The lowest BCUT2D eigenvalue weighted by molar-refractivity contribution is 0.202. The fourth-order valence-electron chi connectivity index (χ4n) is 2.59. The monoisotopic (exact) mass is 316 g/mol. The molecule has 7 nitrogen and oxygen atoms in total. The second-order valence-electron chi connectivity index (χ2n) is 5.69. The summed E-state index contributed by atoms with van der Waals surface area (Å²) in [6.07, 6.45) is 4.87. The first-order valence-electron chi connectivity index (χ1n) is 7.21. The van der Waals surface area contributed by atoms with E-state index in [1.54, 1.807) is 7.05 Å². The minimum atomic E-state index is -3.49. The predicted molar refractivity (Wildman–Crippen MR) is 79.3 cm³/mol. The van der Waals surface area contributed by atoms with Crippen molar-refractivity contribution in [1.29, 1.82) is 0 Å². The maximum Gasteiger partial charge on any atom is 0.245 e. The number of rotatable bonds is 6. The zero-order valence-corrected chi connectivity index (χ0v) is 13.5. The van der Waals surface area contributed by atoms with Crippen LogP contribution in [0.25, 0.3) is 0 Å². The number of aliphatic hydroxyl groups is 1. The van der Waals surface area contributed by atoms with Gasteiger partial charge in [0, 0.05) is 19.8 Å². The maximum absolute atomic E-state index is 12.5. The molecule has 8 heteroatoms. The first-order chi connectivity index (χ1) is 9.93. The second-order valence-corrected chi connectivity index (χ2v) is 7.74. The van der Waals surface area contributed by atoms with Crippen molar-refractivity contribution in [2.24, 2.45) is 5.92 Å². The molecule has 0 radical (unpaired) electrons. The molecule has 1 fully saturated rings. The molecule has 0 aromatic carbocycles. The van der Waals surface area contributed by atoms with Gasteiger partial charge in [0.25, 0.3) is 0 Å². The van der Waals surface area contributed by atoms with E-state index in [1.165, 1.54) is 21.4 Å². The summed E-state index contributed by atoms with van der Waals surface area (Å²) in [5.41, 5.74) is 0. The quantitative estimate of drug-likeness (QED) is 0.789. The van der Waals surface area contributed by atoms with Crippen LogP contribution in [0.2, 0.25) is 0 Å². The van der Waals surface area contributed by atoms with Crippen molar-refractivity contribution >= 4 is 10.0 Å². The minimum absolute atomic E-state index is 0.0629. The van der Waals surface area contributed by atoms with E-state index in [0.29, 0.717) is 19.0 Å². The van der Waals surface area contributed by atoms with Crippen molar-refractivity contribution in [3.8, 4) is 0 Å². The van der Waals surface area contributed by atoms with Crippen LogP contribution < -0.4 is 0 Å². The van der Waals surface area contributed by atoms with E-state index >= 15 is 0 Å². The van der Waals surface area contributed by atoms with Crippen molar-refractivity contribution in [1.82, 2.24) is 19.0 Å². The zero-order valence-electron chi connectivity index (χ0n) is 12.6. The molecule has 0 atom stereocenters. The topological polar surface area (TPSA) is 78.7 Å². The molecule has 0 amide bonds. The van der Waals surface area contributed by atoms with E-state index in [2.05, 4.69) is 17.0 Å². The highest BCUT2D eigenvalue weighted by molar-refractivity contribution is 7.89. The number of hydrogen-bond acceptors (Lipinski definition) is 5. The second kappa shape index (κ2) is 6.87. The SMILES string of the molecule is CN1CCC(CN(C)S(=O)(=O)c2cnn(CCO)c2)CC1. The van der Waals surface area contributed by atoms with Gasteiger partial charge in [-0.05, 0) is 38.9 Å². The summed E-state index contributed by atoms with van der Waals surface area (Å²) < 4.78 is 27.8. The van der Waals surface area contributed by atoms with Crippen molar-refractivity contribution in [2.45, 2.75) is 24.3 Å². The van der Waals surface area contributed by atoms with E-state index in [0.717, 1.165) is 25.9 Å². The smallest absolute Gasteiger partial charge is 0.245 e. The summed E-state index contributed by atoms with van der Waals surface area (Å²) in [6.45, 7) is 2.82. The van der Waals surface area contributed by atoms with E-state index in [9.17, 15) is 8.42 Å². The lowest BCUT2D eigenvalue weighted by atomic mass is 9.97. The van der Waals surface area contributed by atoms with E-state index in [1.807, 2.05) is 0 Å². The minimum Gasteiger partial charge on any atom is -0.394 e. The third kappa shape index (κ3) is 4.03. The Morgan fingerprint density at radius 1 is 1.43 bits per heavy atom. The lowest BCUT2D eigenvalue weighted by Crippen LogP contribution is -2.37. The summed E-state index contributed by atoms with van der Waals surface area (Å²) in [7, 11) is 0.217. The van der Waals surface area contributed by atoms with Crippen LogP contribution in [0.5, 0.6) is 0 Å². The molecule has 1 aliphatic heterocycles. The van der Waals surface area contributed by atoms with Gasteiger partial charge < -0.3 is 10.0 Å². The van der Waals surface area contributed by atoms with Gasteiger partial charge >= 0.3 is 0 Å². The predicted octanol–water partition coefficient (Wildman–Crippen LogP) is -0.162. The fourth-order valence-corrected chi connectivity index (χ4v) is 3.79. The summed E-state index contributed by atoms with van der Waals surface area (Å²) in [5, 5.41) is 12.8. The average molecular weight is 316 g/mol. The summed E-state index contributed by atoms with van der Waals surface area (Å²) in [5.74, 6) is 0.411. The molecule has 0 unspecified atom stereocenters. The Kier molecular flexibility index (Phi) is 5.37. The molecule has 1 N–H and O–H groups in total. The number of nitrogens with zero attached hydrogens (tertiary/aromatic N) is 4. The van der Waals surface area contributed by atoms with Crippen molar-refractivity contribution in [3.05, 3.63) is 12.4 Å². The zero-order chi connectivity index (χ0) is 15.5. The molecule has 2 rings (SSSR count). The van der Waals surface area contributed by atoms with Crippen LogP contribution in [-0.2, 0) is 16.6 Å². The Morgan fingerprint density at radius 3 is 2.71 bits per heavy atom. The highest BCUT2D eigenvalue weighted by Gasteiger charge is 2.26. The molecule has 0 spiro atoms. The maximum atomic E-state index is 12.5. The Hall–Kier alpha value is -0.960. The van der Waals surface area contributed by atoms with Gasteiger partial charge in [0.05, 0.1) is 19.3 Å². The fraction of sp³-hybridized carbons (Fsp3) is 0.769. The van der Waals surface area contributed by atoms with Gasteiger partial charge in [0.2, 0.25) is 10.0 Å². The van der Waals surface area contributed by atoms with Crippen LogP contribution in [0.4, 0.5) is 0 Å². The molecule has 0 bridgehead atoms. The van der Waals surface area contributed by atoms with Crippen LogP contribution in [0.1, 0.15) is 12.8 Å². The van der Waals surface area contributed by atoms with Crippen LogP contribution in [-0.4, -0.2) is 72.8 Å². The Labute approximate surface area is 126 Å². The lowest BCUT2D eigenvalue weighted by Gasteiger charge is -2.31. The van der Waals surface area contributed by atoms with Crippen LogP contribution in [0.15, 0.2) is 17.3 Å². The molecule has 0 saturated carbocycles. The molecule has 2 heterocycles. The Balaban J connectivity index is 2.00. The largest absolute Gasteiger partial charge is 0.394 e. The normalized spacial score (nSPS) is 18.5. The average Bonchev–Trinajstić information content (AvgIpc) is 2.91. The highest BCUT2D eigenvalue weighted by atomic mass is 32.2. The van der Waals surface area contributed by atoms with Gasteiger partial charge in [-0.3, -0.25) is 4.68 Å². The summed E-state index contributed by atoms with van der Waals surface area (Å²) in [4.78, 5) is 2.45. The number of aromatic nitrogens is 2. The van der Waals surface area contributed by atoms with Crippen molar-refractivity contribution in [3.63, 3.8) is 0 Å². The number of likely N-dealkylation sites (tertiary alicyclic amines) is 1. The van der Waals surface area contributed by atoms with Gasteiger partial charge in [0.15, 0.2) is 0 Å². The molecule has 21 heavy (non-hydrogen) atoms. The van der Waals surface area contributed by atoms with Crippen molar-refractivity contribution < 1.29 is 13.5 Å². The summed E-state index contributed by atoms with van der Waals surface area (Å²) >= 11 is 0. The van der Waals surface area contributed by atoms with Crippen LogP contribution in [0, 0.1) is 5.92 Å². The van der Waals surface area contributed by atoms with Gasteiger partial charge in [-0.1, -0.05) is 0 Å². The molecule has 1 aromatic rings. The van der Waals surface area contributed by atoms with Gasteiger partial charge in [-0.15, -0.1) is 0 Å². The van der Waals surface area contributed by atoms with E-state index in [-0.39, 0.29) is 11.5 Å². The number of hydrogen-bond donors (Lipinski definition) is 1. The number of aliphatic hydroxyl groups excluding tert-OH is 1. The molecular weight excluding hydrogens is 292 g/mol. The first-order valence-corrected chi connectivity index (χ1v) is 8.65. The third-order valence-electron chi connectivity index (χ3n) is 4.00. The molecule has 0 aliphatic carbocycles. The number of piperidine rings is 1. The third-order valence-corrected chi connectivity index (χ3v) is 5.78. The van der Waals surface area contributed by atoms with Gasteiger partial charge in [-0.25, -0.2) is 12.7 Å². The number of sulfonamides is 1. The van der Waals surface area contributed by atoms with E-state index < -0.39 is 10.0 Å². The first kappa shape index (κ1) is 16.4. The van der Waals surface area contributed by atoms with Gasteiger partial charge in [-0.2, -0.15) is 5.10 Å². The van der Waals surface area contributed by atoms with Gasteiger partial charge in [0.1, 0.15) is 4.90 Å². The van der Waals surface area contributed by atoms with Crippen LogP contribution in [0.3, 0.4) is 0 Å². The molecule has 1 aliphatic rings. The summed E-state index contributed by atoms with van der Waals surface area (Å²) in [6, 6.07) is 0. The standard InChI is InChI=1S/C13H24N4O3S/c1-15-5-3-12(4-6-15)10-16(2)21(19,20)13-9-14-17(11-13)7-8-18/h9,11-12,18H,3-8,10H2,1-2H3. The Bertz CT molecular complexity index is 550. The van der Waals surface area contributed by atoms with E-state index in [4.69, 9.17) is 5.11 Å². The molecule has 120 valence electrons.